The molecule has 128 valence electrons. The molecule has 9 heteroatoms. The highest BCUT2D eigenvalue weighted by Crippen LogP contribution is 2.27. The van der Waals surface area contributed by atoms with Gasteiger partial charge in [0.25, 0.3) is 0 Å². The van der Waals surface area contributed by atoms with Gasteiger partial charge >= 0.3 is 5.97 Å². The van der Waals surface area contributed by atoms with Crippen LogP contribution in [0.15, 0.2) is 41.0 Å². The number of esters is 1. The molecule has 0 atom stereocenters. The van der Waals surface area contributed by atoms with Crippen LogP contribution in [0.25, 0.3) is 10.2 Å². The van der Waals surface area contributed by atoms with Crippen molar-refractivity contribution in [1.29, 1.82) is 0 Å². The third-order valence-electron chi connectivity index (χ3n) is 3.14. The van der Waals surface area contributed by atoms with Crippen LogP contribution < -0.4 is 0 Å². The summed E-state index contributed by atoms with van der Waals surface area (Å²) in [7, 11) is 0. The Hall–Kier alpha value is -2.39. The van der Waals surface area contributed by atoms with E-state index >= 15 is 0 Å². The van der Waals surface area contributed by atoms with Gasteiger partial charge in [-0.15, -0.1) is 11.3 Å². The number of hydrogen-bond donors (Lipinski definition) is 0. The minimum Gasteiger partial charge on any atom is -0.457 e. The molecule has 0 aliphatic heterocycles. The molecule has 0 spiro atoms. The number of fused-ring (bicyclic) bond motifs is 1. The van der Waals surface area contributed by atoms with Gasteiger partial charge in [0, 0.05) is 5.39 Å². The molecule has 0 unspecified atom stereocenters. The van der Waals surface area contributed by atoms with Crippen molar-refractivity contribution in [3.8, 4) is 0 Å². The molecule has 2 aromatic heterocycles. The lowest BCUT2D eigenvalue weighted by Crippen LogP contribution is -2.16. The molecule has 2 heterocycles. The van der Waals surface area contributed by atoms with Crippen molar-refractivity contribution in [1.82, 2.24) is 9.97 Å². The molecule has 1 aromatic carbocycles. The Labute approximate surface area is 149 Å². The van der Waals surface area contributed by atoms with E-state index in [4.69, 9.17) is 4.74 Å². The van der Waals surface area contributed by atoms with Crippen LogP contribution >= 0.6 is 23.1 Å². The number of carbonyl (C=O) groups excluding carboxylic acids is 2. The zero-order valence-electron chi connectivity index (χ0n) is 12.6. The minimum atomic E-state index is -0.863. The van der Waals surface area contributed by atoms with Gasteiger partial charge in [-0.2, -0.15) is 0 Å². The van der Waals surface area contributed by atoms with Gasteiger partial charge in [-0.25, -0.2) is 18.7 Å². The summed E-state index contributed by atoms with van der Waals surface area (Å²) in [5, 5.41) is 3.34. The average molecular weight is 380 g/mol. The SMILES string of the molecule is O=C(CSc1ncnc2sccc12)OCC(=O)c1cc(F)ccc1F. The molecule has 0 bridgehead atoms. The number of carbonyl (C=O) groups is 2. The summed E-state index contributed by atoms with van der Waals surface area (Å²) in [5.41, 5.74) is -0.448. The number of aromatic nitrogens is 2. The van der Waals surface area contributed by atoms with E-state index in [0.717, 1.165) is 40.2 Å². The van der Waals surface area contributed by atoms with E-state index in [1.165, 1.54) is 17.7 Å². The second-order valence-electron chi connectivity index (χ2n) is 4.81. The topological polar surface area (TPSA) is 69.2 Å². The highest BCUT2D eigenvalue weighted by Gasteiger charge is 2.16. The number of thiophene rings is 1. The molecular weight excluding hydrogens is 370 g/mol. The molecule has 25 heavy (non-hydrogen) atoms. The quantitative estimate of drug-likeness (QED) is 0.282. The van der Waals surface area contributed by atoms with Crippen molar-refractivity contribution in [3.63, 3.8) is 0 Å². The van der Waals surface area contributed by atoms with E-state index < -0.39 is 35.6 Å². The van der Waals surface area contributed by atoms with Crippen molar-refractivity contribution in [2.75, 3.05) is 12.4 Å². The zero-order chi connectivity index (χ0) is 17.8. The standard InChI is InChI=1S/C16H10F2N2O3S2/c17-9-1-2-12(18)11(5-9)13(21)6-23-14(22)7-25-16-10-3-4-24-15(10)19-8-20-16/h1-5,8H,6-7H2. The number of nitrogens with zero attached hydrogens (tertiary/aromatic N) is 2. The summed E-state index contributed by atoms with van der Waals surface area (Å²) in [5.74, 6) is -3.14. The fourth-order valence-electron chi connectivity index (χ4n) is 1.99. The van der Waals surface area contributed by atoms with E-state index in [1.807, 2.05) is 11.4 Å². The maximum absolute atomic E-state index is 13.5. The van der Waals surface area contributed by atoms with Gasteiger partial charge in [0.15, 0.2) is 6.61 Å². The zero-order valence-corrected chi connectivity index (χ0v) is 14.2. The highest BCUT2D eigenvalue weighted by atomic mass is 32.2. The fraction of sp³-hybridized carbons (Fsp3) is 0.125. The monoisotopic (exact) mass is 380 g/mol. The van der Waals surface area contributed by atoms with Crippen LogP contribution in [0.2, 0.25) is 0 Å². The molecule has 0 radical (unpaired) electrons. The van der Waals surface area contributed by atoms with Crippen LogP contribution in [0.1, 0.15) is 10.4 Å². The van der Waals surface area contributed by atoms with Crippen LogP contribution in [0.5, 0.6) is 0 Å². The number of rotatable bonds is 6. The molecule has 3 aromatic rings. The lowest BCUT2D eigenvalue weighted by Gasteiger charge is -2.05. The van der Waals surface area contributed by atoms with E-state index in [2.05, 4.69) is 9.97 Å². The van der Waals surface area contributed by atoms with Crippen LogP contribution in [0.3, 0.4) is 0 Å². The van der Waals surface area contributed by atoms with Crippen molar-refractivity contribution in [2.45, 2.75) is 5.03 Å². The molecular formula is C16H10F2N2O3S2. The Bertz CT molecular complexity index is 946. The Kier molecular flexibility index (Phi) is 5.34. The van der Waals surface area contributed by atoms with Gasteiger partial charge < -0.3 is 4.74 Å². The molecule has 0 saturated carbocycles. The highest BCUT2D eigenvalue weighted by molar-refractivity contribution is 8.00. The van der Waals surface area contributed by atoms with Crippen molar-refractivity contribution < 1.29 is 23.1 Å². The largest absolute Gasteiger partial charge is 0.457 e. The lowest BCUT2D eigenvalue weighted by atomic mass is 10.1. The average Bonchev–Trinajstić information content (AvgIpc) is 3.09. The molecule has 0 amide bonds. The summed E-state index contributed by atoms with van der Waals surface area (Å²) in [6, 6.07) is 4.38. The second-order valence-corrected chi connectivity index (χ2v) is 6.67. The maximum atomic E-state index is 13.5. The van der Waals surface area contributed by atoms with Crippen LogP contribution in [-0.2, 0) is 9.53 Å². The van der Waals surface area contributed by atoms with Gasteiger partial charge in [0.1, 0.15) is 27.8 Å². The number of Topliss-reactive ketones (excluding diaryl/α,β-unsaturated/α-hetero) is 1. The molecule has 5 nitrogen and oxygen atoms in total. The third kappa shape index (κ3) is 4.18. The normalized spacial score (nSPS) is 10.8. The molecule has 0 fully saturated rings. The van der Waals surface area contributed by atoms with Crippen molar-refractivity contribution in [2.24, 2.45) is 0 Å². The van der Waals surface area contributed by atoms with Gasteiger partial charge in [-0.1, -0.05) is 11.8 Å². The van der Waals surface area contributed by atoms with Gasteiger partial charge in [0.2, 0.25) is 5.78 Å². The number of benzene rings is 1. The summed E-state index contributed by atoms with van der Waals surface area (Å²) in [6.45, 7) is -0.655. The number of hydrogen-bond acceptors (Lipinski definition) is 7. The van der Waals surface area contributed by atoms with E-state index in [0.29, 0.717) is 5.03 Å². The lowest BCUT2D eigenvalue weighted by molar-refractivity contribution is -0.139. The first-order chi connectivity index (χ1) is 12.0. The van der Waals surface area contributed by atoms with Crippen molar-refractivity contribution in [3.05, 3.63) is 53.2 Å². The number of thioether (sulfide) groups is 1. The van der Waals surface area contributed by atoms with Crippen molar-refractivity contribution >= 4 is 45.1 Å². The Morgan fingerprint density at radius 2 is 2.04 bits per heavy atom. The minimum absolute atomic E-state index is 0.0686. The Morgan fingerprint density at radius 3 is 2.88 bits per heavy atom. The number of ketones is 1. The molecule has 0 N–H and O–H groups in total. The summed E-state index contributed by atoms with van der Waals surface area (Å²) in [4.78, 5) is 32.6. The first-order valence-electron chi connectivity index (χ1n) is 6.99. The predicted octanol–water partition coefficient (Wildman–Crippen LogP) is 3.49. The summed E-state index contributed by atoms with van der Waals surface area (Å²) >= 11 is 2.61. The first-order valence-corrected chi connectivity index (χ1v) is 8.86. The van der Waals surface area contributed by atoms with E-state index in [9.17, 15) is 18.4 Å². The molecule has 0 aliphatic carbocycles. The number of ether oxygens (including phenoxy) is 1. The Balaban J connectivity index is 1.55. The molecule has 0 aliphatic rings. The van der Waals surface area contributed by atoms with Crippen LogP contribution in [0, 0.1) is 11.6 Å². The summed E-state index contributed by atoms with van der Waals surface area (Å²) < 4.78 is 31.4. The summed E-state index contributed by atoms with van der Waals surface area (Å²) in [6.07, 6.45) is 1.41. The fourth-order valence-corrected chi connectivity index (χ4v) is 3.56. The van der Waals surface area contributed by atoms with Crippen LogP contribution in [0.4, 0.5) is 8.78 Å². The molecule has 0 saturated heterocycles. The third-order valence-corrected chi connectivity index (χ3v) is 4.94. The molecule has 3 rings (SSSR count). The van der Waals surface area contributed by atoms with Gasteiger partial charge in [-0.3, -0.25) is 9.59 Å². The maximum Gasteiger partial charge on any atom is 0.316 e. The van der Waals surface area contributed by atoms with Gasteiger partial charge in [-0.05, 0) is 29.6 Å². The number of halogens is 2. The van der Waals surface area contributed by atoms with Crippen LogP contribution in [-0.4, -0.2) is 34.1 Å². The first kappa shape index (κ1) is 17.4. The van der Waals surface area contributed by atoms with Gasteiger partial charge in [0.05, 0.1) is 11.3 Å². The van der Waals surface area contributed by atoms with E-state index in [1.54, 1.807) is 0 Å². The smallest absolute Gasteiger partial charge is 0.316 e. The Morgan fingerprint density at radius 1 is 1.20 bits per heavy atom. The second kappa shape index (κ2) is 7.66. The van der Waals surface area contributed by atoms with E-state index in [-0.39, 0.29) is 5.75 Å². The predicted molar refractivity (Wildman–Crippen MR) is 89.8 cm³/mol.